The van der Waals surface area contributed by atoms with Gasteiger partial charge in [-0.2, -0.15) is 0 Å². The number of para-hydroxylation sites is 1. The number of aromatic amines is 1. The van der Waals surface area contributed by atoms with E-state index in [1.54, 1.807) is 44.3 Å². The summed E-state index contributed by atoms with van der Waals surface area (Å²) in [5.41, 5.74) is 1.30. The molecular weight excluding hydrogens is 1270 g/mol. The number of aromatic nitrogens is 1. The number of carboxylic acids is 3. The molecule has 0 unspecified atom stereocenters. The third kappa shape index (κ3) is 24.4. The molecular formula is C63H92N14O20. The van der Waals surface area contributed by atoms with Crippen LogP contribution < -0.4 is 58.5 Å². The summed E-state index contributed by atoms with van der Waals surface area (Å²) in [5.74, 6) is -19.0. The highest BCUT2D eigenvalue weighted by Gasteiger charge is 2.43. The lowest BCUT2D eigenvalue weighted by molar-refractivity contribution is -0.146. The first kappa shape index (κ1) is 77.9. The second kappa shape index (κ2) is 38.7. The van der Waals surface area contributed by atoms with Gasteiger partial charge in [-0.15, -0.1) is 0 Å². The SMILES string of the molecule is CCCCCCCCCC(=O)N[C@@H](Cc1c[nH]c2ccccc12)C(=O)N[C@@H](CC(=O)O)C(=O)N[C@H]1CNC(=O)[C@@H]2CCCN2C(=O)[C@H]([C@H](C)CC)NC(=O)[C@H]([C@@H](C)O)NC(=O)CNC(=O)[C@H](CC(=O)O)NC(=O)CNC(=O)[C@H](CC(=O)O)NC(=O)CNC(=O)[C@@H]2CCCCN2C1=O. The summed E-state index contributed by atoms with van der Waals surface area (Å²) in [6.07, 6.45) is 4.01. The molecule has 0 saturated carbocycles. The van der Waals surface area contributed by atoms with Crippen molar-refractivity contribution in [1.82, 2.24) is 73.3 Å². The number of rotatable bonds is 24. The Morgan fingerprint density at radius 2 is 1.12 bits per heavy atom. The first-order valence-electron chi connectivity index (χ1n) is 32.8. The van der Waals surface area contributed by atoms with Crippen LogP contribution in [0.2, 0.25) is 0 Å². The van der Waals surface area contributed by atoms with E-state index < -0.39 is 207 Å². The van der Waals surface area contributed by atoms with Crippen molar-refractivity contribution in [1.29, 1.82) is 0 Å². The van der Waals surface area contributed by atoms with E-state index in [0.29, 0.717) is 29.3 Å². The minimum absolute atomic E-state index is 0.0183. The number of carboxylic acid groups (broad SMARTS) is 3. The summed E-state index contributed by atoms with van der Waals surface area (Å²) in [6.45, 7) is 2.51. The van der Waals surface area contributed by atoms with Gasteiger partial charge in [-0.25, -0.2) is 0 Å². The maximum Gasteiger partial charge on any atom is 0.305 e. The zero-order chi connectivity index (χ0) is 71.5. The minimum Gasteiger partial charge on any atom is -0.481 e. The lowest BCUT2D eigenvalue weighted by atomic mass is 9.96. The van der Waals surface area contributed by atoms with E-state index in [1.807, 2.05) is 0 Å². The van der Waals surface area contributed by atoms with Crippen molar-refractivity contribution >= 4 is 106 Å². The molecule has 0 bridgehead atoms. The van der Waals surface area contributed by atoms with Gasteiger partial charge in [-0.3, -0.25) is 76.7 Å². The van der Waals surface area contributed by atoms with Crippen LogP contribution in [0.15, 0.2) is 30.5 Å². The third-order valence-corrected chi connectivity index (χ3v) is 17.0. The van der Waals surface area contributed by atoms with Gasteiger partial charge in [0.1, 0.15) is 54.4 Å². The van der Waals surface area contributed by atoms with Crippen LogP contribution in [0.3, 0.4) is 0 Å². The lowest BCUT2D eigenvalue weighted by Gasteiger charge is -2.37. The monoisotopic (exact) mass is 1360 g/mol. The standard InChI is InChI=1S/C63H92N14O20/c1-5-7-8-9-10-11-12-22-46(79)69-39(25-36-29-64-38-19-14-13-18-37(36)38)57(91)72-42(28-52(87)88)58(92)73-43-30-65-59(93)45-21-17-24-77(45)63(97)53(34(3)6-2)75-61(95)54(35(4)78)74-49(82)33-67-56(90)41(27-51(85)86)70-47(80)31-66-55(89)40(26-50(83)84)71-48(81)32-68-60(94)44-20-15-16-23-76(44)62(43)96/h13-14,18-19,29,34-35,39-45,53-54,64,78H,5-12,15-17,20-28,30-33H2,1-4H3,(H,65,93)(H,66,89)(H,67,90)(H,68,94)(H,69,79)(H,70,80)(H,71,81)(H,72,91)(H,73,92)(H,74,82)(H,75,95)(H,83,84)(H,85,86)(H,87,88)/t34-,35-,39+,40+,41+,42+,43+,44+,45+,53+,54+/m1/s1. The van der Waals surface area contributed by atoms with E-state index in [0.717, 1.165) is 55.2 Å². The number of benzene rings is 1. The summed E-state index contributed by atoms with van der Waals surface area (Å²) in [4.78, 5) is 223. The zero-order valence-electron chi connectivity index (χ0n) is 54.9. The fourth-order valence-electron chi connectivity index (χ4n) is 11.5. The van der Waals surface area contributed by atoms with E-state index in [9.17, 15) is 92.3 Å². The van der Waals surface area contributed by atoms with Crippen LogP contribution >= 0.6 is 0 Å². The van der Waals surface area contributed by atoms with Crippen LogP contribution in [0.4, 0.5) is 0 Å². The van der Waals surface area contributed by atoms with Crippen molar-refractivity contribution in [2.75, 3.05) is 39.3 Å². The largest absolute Gasteiger partial charge is 0.481 e. The molecule has 16 N–H and O–H groups in total. The third-order valence-electron chi connectivity index (χ3n) is 17.0. The topological polar surface area (TPSA) is 509 Å². The molecule has 13 amide bonds. The first-order chi connectivity index (χ1) is 46.1. The number of amides is 13. The second-order valence-electron chi connectivity index (χ2n) is 24.5. The van der Waals surface area contributed by atoms with Crippen molar-refractivity contribution in [3.05, 3.63) is 36.0 Å². The number of carbonyl (C=O) groups is 16. The van der Waals surface area contributed by atoms with E-state index >= 15 is 4.79 Å². The van der Waals surface area contributed by atoms with Crippen LogP contribution in [0, 0.1) is 5.92 Å². The number of fused-ring (bicyclic) bond motifs is 3. The van der Waals surface area contributed by atoms with Gasteiger partial charge in [0.2, 0.25) is 76.8 Å². The molecule has 0 radical (unpaired) electrons. The zero-order valence-corrected chi connectivity index (χ0v) is 54.9. The number of hydrogen-bond donors (Lipinski definition) is 16. The molecule has 0 aliphatic carbocycles. The van der Waals surface area contributed by atoms with Gasteiger partial charge in [0.15, 0.2) is 0 Å². The summed E-state index contributed by atoms with van der Waals surface area (Å²) >= 11 is 0. The number of aliphatic hydroxyl groups is 1. The van der Waals surface area contributed by atoms with Gasteiger partial charge < -0.3 is 93.7 Å². The quantitative estimate of drug-likeness (QED) is 0.0464. The number of aliphatic hydroxyl groups excluding tert-OH is 1. The minimum atomic E-state index is -1.97. The summed E-state index contributed by atoms with van der Waals surface area (Å²) in [6, 6.07) is -7.92. The first-order valence-corrected chi connectivity index (χ1v) is 32.8. The van der Waals surface area contributed by atoms with Crippen LogP contribution in [0.5, 0.6) is 0 Å². The number of hydrogen-bond acceptors (Lipinski definition) is 17. The molecule has 3 aliphatic rings. The molecule has 4 heterocycles. The Hall–Kier alpha value is -9.76. The molecule has 97 heavy (non-hydrogen) atoms. The predicted molar refractivity (Wildman–Crippen MR) is 342 cm³/mol. The Kier molecular flexibility index (Phi) is 31.1. The van der Waals surface area contributed by atoms with Crippen molar-refractivity contribution in [2.24, 2.45) is 5.92 Å². The van der Waals surface area contributed by atoms with Crippen LogP contribution in [-0.4, -0.2) is 230 Å². The van der Waals surface area contributed by atoms with Crippen LogP contribution in [-0.2, 0) is 83.1 Å². The van der Waals surface area contributed by atoms with Crippen molar-refractivity contribution < 1.29 is 97.1 Å². The molecule has 3 aliphatic heterocycles. The van der Waals surface area contributed by atoms with Gasteiger partial charge >= 0.3 is 17.9 Å². The molecule has 3 saturated heterocycles. The summed E-state index contributed by atoms with van der Waals surface area (Å²) < 4.78 is 0. The number of piperidine rings is 1. The molecule has 34 nitrogen and oxygen atoms in total. The average molecular weight is 1370 g/mol. The molecule has 5 rings (SSSR count). The number of H-pyrrole nitrogens is 1. The Labute approximate surface area is 559 Å². The maximum atomic E-state index is 15.1. The highest BCUT2D eigenvalue weighted by atomic mass is 16.4. The van der Waals surface area contributed by atoms with E-state index in [2.05, 4.69) is 70.4 Å². The van der Waals surface area contributed by atoms with Crippen molar-refractivity contribution in [3.8, 4) is 0 Å². The molecule has 2 aromatic rings. The number of nitrogens with zero attached hydrogens (tertiary/aromatic N) is 2. The smallest absolute Gasteiger partial charge is 0.305 e. The lowest BCUT2D eigenvalue weighted by Crippen LogP contribution is -2.63. The molecule has 1 aromatic carbocycles. The number of aliphatic carboxylic acids is 3. The number of carbonyl (C=O) groups excluding carboxylic acids is 13. The molecule has 11 atom stereocenters. The Bertz CT molecular complexity index is 3190. The van der Waals surface area contributed by atoms with Crippen LogP contribution in [0.25, 0.3) is 10.9 Å². The fourth-order valence-corrected chi connectivity index (χ4v) is 11.5. The number of nitrogens with one attached hydrogen (secondary N) is 12. The van der Waals surface area contributed by atoms with E-state index in [1.165, 1.54) is 0 Å². The molecule has 1 aromatic heterocycles. The predicted octanol–water partition coefficient (Wildman–Crippen LogP) is -3.05. The van der Waals surface area contributed by atoms with E-state index in [4.69, 9.17) is 0 Å². The molecule has 534 valence electrons. The van der Waals surface area contributed by atoms with Gasteiger partial charge in [0.05, 0.1) is 45.0 Å². The average Bonchev–Trinajstić information content (AvgIpc) is 1.79. The highest BCUT2D eigenvalue weighted by Crippen LogP contribution is 2.24. The van der Waals surface area contributed by atoms with E-state index in [-0.39, 0.29) is 58.0 Å². The van der Waals surface area contributed by atoms with Gasteiger partial charge in [0.25, 0.3) is 0 Å². The Morgan fingerprint density at radius 3 is 1.71 bits per heavy atom. The van der Waals surface area contributed by atoms with Crippen molar-refractivity contribution in [2.45, 2.75) is 204 Å². The fraction of sp³-hybridized carbons (Fsp3) is 0.619. The molecule has 34 heteroatoms. The Morgan fingerprint density at radius 1 is 0.577 bits per heavy atom. The highest BCUT2D eigenvalue weighted by molar-refractivity contribution is 6.01. The summed E-state index contributed by atoms with van der Waals surface area (Å²) in [5, 5.41) is 66.5. The Balaban J connectivity index is 1.50. The van der Waals surface area contributed by atoms with Crippen molar-refractivity contribution in [3.63, 3.8) is 0 Å². The maximum absolute atomic E-state index is 15.1. The summed E-state index contributed by atoms with van der Waals surface area (Å²) in [7, 11) is 0. The molecule has 0 spiro atoms. The molecule has 3 fully saturated rings. The second-order valence-corrected chi connectivity index (χ2v) is 24.5. The van der Waals surface area contributed by atoms with Gasteiger partial charge in [0, 0.05) is 49.6 Å². The number of unbranched alkanes of at least 4 members (excludes halogenated alkanes) is 6. The van der Waals surface area contributed by atoms with Crippen LogP contribution in [0.1, 0.15) is 142 Å². The van der Waals surface area contributed by atoms with Gasteiger partial charge in [-0.1, -0.05) is 83.9 Å². The van der Waals surface area contributed by atoms with Gasteiger partial charge in [-0.05, 0) is 63.0 Å². The normalized spacial score (nSPS) is 23.1.